The molecule has 0 aliphatic rings. The van der Waals surface area contributed by atoms with E-state index in [1.54, 1.807) is 29.9 Å². The SMILES string of the molecule is CN(CC[18F])C(=O)c1cnn(C)c1C(=O)Nc1ccn2nc(-c3ccccc3)nc2c1. The van der Waals surface area contributed by atoms with Crippen LogP contribution in [0.1, 0.15) is 20.8 Å². The Kier molecular flexibility index (Phi) is 5.44. The highest BCUT2D eigenvalue weighted by Gasteiger charge is 2.24. The fraction of sp³-hybridized carbons (Fsp3) is 0.190. The second-order valence-electron chi connectivity index (χ2n) is 6.92. The van der Waals surface area contributed by atoms with Gasteiger partial charge in [0, 0.05) is 44.2 Å². The van der Waals surface area contributed by atoms with E-state index in [-0.39, 0.29) is 17.8 Å². The molecule has 3 aromatic heterocycles. The maximum absolute atomic E-state index is 12.9. The van der Waals surface area contributed by atoms with Crippen LogP contribution in [0.25, 0.3) is 17.0 Å². The van der Waals surface area contributed by atoms with Gasteiger partial charge in [0.05, 0.1) is 11.8 Å². The first-order chi connectivity index (χ1) is 15.0. The third-order valence-electron chi connectivity index (χ3n) is 4.78. The molecule has 0 spiro atoms. The molecular formula is C21H20FN7O2. The third-order valence-corrected chi connectivity index (χ3v) is 4.78. The van der Waals surface area contributed by atoms with Crippen LogP contribution < -0.4 is 5.32 Å². The highest BCUT2D eigenvalue weighted by molar-refractivity contribution is 6.11. The van der Waals surface area contributed by atoms with Gasteiger partial charge in [-0.1, -0.05) is 30.3 Å². The van der Waals surface area contributed by atoms with Crippen molar-refractivity contribution in [3.63, 3.8) is 0 Å². The minimum absolute atomic E-state index is 0.0674. The number of nitrogens with zero attached hydrogens (tertiary/aromatic N) is 6. The first-order valence-electron chi connectivity index (χ1n) is 9.54. The van der Waals surface area contributed by atoms with Gasteiger partial charge in [0.1, 0.15) is 12.4 Å². The van der Waals surface area contributed by atoms with Crippen LogP contribution in [0.5, 0.6) is 0 Å². The summed E-state index contributed by atoms with van der Waals surface area (Å²) < 4.78 is 15.5. The summed E-state index contributed by atoms with van der Waals surface area (Å²) in [5.74, 6) is -0.417. The number of anilines is 1. The average Bonchev–Trinajstić information content (AvgIpc) is 3.37. The van der Waals surface area contributed by atoms with Crippen LogP contribution in [-0.2, 0) is 7.05 Å². The number of alkyl halides is 1. The number of fused-ring (bicyclic) bond motifs is 1. The van der Waals surface area contributed by atoms with Gasteiger partial charge in [0.15, 0.2) is 11.5 Å². The highest BCUT2D eigenvalue weighted by Crippen LogP contribution is 2.19. The molecule has 0 radical (unpaired) electrons. The molecule has 3 heterocycles. The van der Waals surface area contributed by atoms with Crippen molar-refractivity contribution in [3.05, 3.63) is 66.1 Å². The van der Waals surface area contributed by atoms with E-state index >= 15 is 0 Å². The molecule has 0 saturated carbocycles. The lowest BCUT2D eigenvalue weighted by molar-refractivity contribution is 0.0780. The molecule has 0 fully saturated rings. The van der Waals surface area contributed by atoms with Crippen LogP contribution in [0.3, 0.4) is 0 Å². The van der Waals surface area contributed by atoms with Crippen molar-refractivity contribution < 1.29 is 14.0 Å². The van der Waals surface area contributed by atoms with E-state index in [0.717, 1.165) is 5.56 Å². The van der Waals surface area contributed by atoms with E-state index < -0.39 is 18.5 Å². The van der Waals surface area contributed by atoms with Gasteiger partial charge in [-0.25, -0.2) is 13.9 Å². The number of aromatic nitrogens is 5. The van der Waals surface area contributed by atoms with Crippen molar-refractivity contribution in [1.29, 1.82) is 0 Å². The lowest BCUT2D eigenvalue weighted by atomic mass is 10.2. The first kappa shape index (κ1) is 20.2. The van der Waals surface area contributed by atoms with E-state index in [4.69, 9.17) is 0 Å². The number of pyridine rings is 1. The number of hydrogen-bond acceptors (Lipinski definition) is 5. The van der Waals surface area contributed by atoms with Gasteiger partial charge in [-0.05, 0) is 6.07 Å². The summed E-state index contributed by atoms with van der Waals surface area (Å²) in [4.78, 5) is 31.2. The predicted octanol–water partition coefficient (Wildman–Crippen LogP) is 2.42. The first-order valence-corrected chi connectivity index (χ1v) is 9.54. The molecule has 9 nitrogen and oxygen atoms in total. The zero-order chi connectivity index (χ0) is 22.0. The molecule has 0 aliphatic heterocycles. The zero-order valence-electron chi connectivity index (χ0n) is 17.0. The number of aryl methyl sites for hydroxylation is 1. The van der Waals surface area contributed by atoms with Crippen molar-refractivity contribution in [1.82, 2.24) is 29.3 Å². The lowest BCUT2D eigenvalue weighted by Crippen LogP contribution is -2.30. The van der Waals surface area contributed by atoms with Gasteiger partial charge < -0.3 is 10.2 Å². The van der Waals surface area contributed by atoms with Crippen molar-refractivity contribution in [2.24, 2.45) is 7.05 Å². The maximum Gasteiger partial charge on any atom is 0.274 e. The molecule has 0 atom stereocenters. The van der Waals surface area contributed by atoms with Gasteiger partial charge >= 0.3 is 0 Å². The van der Waals surface area contributed by atoms with E-state index in [1.807, 2.05) is 30.3 Å². The minimum atomic E-state index is -0.673. The summed E-state index contributed by atoms with van der Waals surface area (Å²) in [7, 11) is 3.04. The zero-order valence-corrected chi connectivity index (χ0v) is 17.0. The molecule has 0 saturated heterocycles. The van der Waals surface area contributed by atoms with Gasteiger partial charge in [0.2, 0.25) is 0 Å². The molecule has 4 rings (SSSR count). The molecule has 1 aromatic carbocycles. The Morgan fingerprint density at radius 3 is 2.71 bits per heavy atom. The van der Waals surface area contributed by atoms with Crippen LogP contribution in [-0.4, -0.2) is 61.4 Å². The molecule has 2 amide bonds. The number of carbonyl (C=O) groups excluding carboxylic acids is 2. The van der Waals surface area contributed by atoms with Gasteiger partial charge in [-0.3, -0.25) is 14.3 Å². The Morgan fingerprint density at radius 2 is 1.97 bits per heavy atom. The topological polar surface area (TPSA) is 97.4 Å². The second kappa shape index (κ2) is 8.34. The number of halogens is 1. The fourth-order valence-corrected chi connectivity index (χ4v) is 3.16. The molecule has 4 aromatic rings. The van der Waals surface area contributed by atoms with Crippen LogP contribution in [0, 0.1) is 0 Å². The van der Waals surface area contributed by atoms with E-state index in [0.29, 0.717) is 17.2 Å². The summed E-state index contributed by atoms with van der Waals surface area (Å²) in [6.45, 7) is -0.741. The lowest BCUT2D eigenvalue weighted by Gasteiger charge is -2.15. The molecule has 31 heavy (non-hydrogen) atoms. The Balaban J connectivity index is 1.59. The molecule has 0 unspecified atom stereocenters. The largest absolute Gasteiger partial charge is 0.339 e. The van der Waals surface area contributed by atoms with Crippen molar-refractivity contribution in [2.75, 3.05) is 25.6 Å². The van der Waals surface area contributed by atoms with Gasteiger partial charge in [-0.2, -0.15) is 5.10 Å². The highest BCUT2D eigenvalue weighted by atomic mass is 18.2. The van der Waals surface area contributed by atoms with Crippen molar-refractivity contribution in [3.8, 4) is 11.4 Å². The molecule has 0 bridgehead atoms. The van der Waals surface area contributed by atoms with Crippen LogP contribution in [0.15, 0.2) is 54.9 Å². The summed E-state index contributed by atoms with van der Waals surface area (Å²) >= 11 is 0. The summed E-state index contributed by atoms with van der Waals surface area (Å²) in [6, 6.07) is 12.9. The fourth-order valence-electron chi connectivity index (χ4n) is 3.16. The van der Waals surface area contributed by atoms with Crippen LogP contribution in [0.4, 0.5) is 10.1 Å². The van der Waals surface area contributed by atoms with Crippen molar-refractivity contribution in [2.45, 2.75) is 0 Å². The molecule has 1 N–H and O–H groups in total. The Morgan fingerprint density at radius 1 is 1.19 bits per heavy atom. The number of hydrogen-bond donors (Lipinski definition) is 1. The number of nitrogens with one attached hydrogen (secondary N) is 1. The number of benzene rings is 1. The van der Waals surface area contributed by atoms with Gasteiger partial charge in [0.25, 0.3) is 11.8 Å². The average molecular weight is 420 g/mol. The monoisotopic (exact) mass is 420 g/mol. The predicted molar refractivity (Wildman–Crippen MR) is 113 cm³/mol. The molecular weight excluding hydrogens is 400 g/mol. The number of carbonyl (C=O) groups is 2. The van der Waals surface area contributed by atoms with E-state index in [2.05, 4.69) is 20.5 Å². The van der Waals surface area contributed by atoms with Crippen LogP contribution in [0.2, 0.25) is 0 Å². The third kappa shape index (κ3) is 4.00. The molecule has 10 heteroatoms. The molecule has 158 valence electrons. The minimum Gasteiger partial charge on any atom is -0.339 e. The van der Waals surface area contributed by atoms with Crippen molar-refractivity contribution >= 4 is 23.1 Å². The maximum atomic E-state index is 12.9. The summed E-state index contributed by atoms with van der Waals surface area (Å²) in [5, 5.41) is 11.2. The molecule has 0 aliphatic carbocycles. The van der Waals surface area contributed by atoms with Gasteiger partial charge in [-0.15, -0.1) is 5.10 Å². The second-order valence-corrected chi connectivity index (χ2v) is 6.92. The summed E-state index contributed by atoms with van der Waals surface area (Å²) in [5.41, 5.74) is 2.11. The Bertz CT molecular complexity index is 1250. The standard InChI is InChI=1S/C21H20FN7O2/c1-27(11-9-22)21(31)16-13-23-28(2)18(16)20(30)24-15-8-10-29-17(12-15)25-19(26-29)14-6-4-3-5-7-14/h3-8,10,12-13H,9,11H2,1-2H3,(H,24,30)/i22-1. The van der Waals surface area contributed by atoms with E-state index in [9.17, 15) is 14.0 Å². The normalized spacial score (nSPS) is 10.9. The number of amides is 2. The van der Waals surface area contributed by atoms with Crippen LogP contribution >= 0.6 is 0 Å². The summed E-state index contributed by atoms with van der Waals surface area (Å²) in [6.07, 6.45) is 2.99. The number of rotatable bonds is 6. The quantitative estimate of drug-likeness (QED) is 0.517. The Labute approximate surface area is 177 Å². The smallest absolute Gasteiger partial charge is 0.274 e. The Hall–Kier alpha value is -4.08. The van der Waals surface area contributed by atoms with E-state index in [1.165, 1.54) is 22.8 Å².